The number of carbonyl (C=O) groups is 1. The van der Waals surface area contributed by atoms with Gasteiger partial charge in [-0.25, -0.2) is 9.97 Å². The summed E-state index contributed by atoms with van der Waals surface area (Å²) in [4.78, 5) is 26.2. The van der Waals surface area contributed by atoms with Gasteiger partial charge in [-0.15, -0.1) is 10.2 Å². The molecule has 13 heteroatoms. The van der Waals surface area contributed by atoms with Crippen molar-refractivity contribution in [2.45, 2.75) is 33.3 Å². The summed E-state index contributed by atoms with van der Waals surface area (Å²) in [6.45, 7) is 4.71. The second-order valence-corrected chi connectivity index (χ2v) is 11.6. The molecule has 1 aromatic carbocycles. The van der Waals surface area contributed by atoms with Crippen molar-refractivity contribution in [3.8, 4) is 5.75 Å². The largest absolute Gasteiger partial charge is 0.493 e. The maximum absolute atomic E-state index is 13.2. The van der Waals surface area contributed by atoms with Crippen LogP contribution in [0.25, 0.3) is 0 Å². The SMILES string of the molecule is Cc1nsc(NC(=O)c2nc(Sc3nncn3C)ccc2Sc2ccc(OC[C@H]3CCN(C)C3)cc2)n1. The van der Waals surface area contributed by atoms with E-state index in [-0.39, 0.29) is 5.91 Å². The second-order valence-electron chi connectivity index (χ2n) is 8.72. The Morgan fingerprint density at radius 1 is 1.16 bits per heavy atom. The van der Waals surface area contributed by atoms with E-state index in [0.29, 0.717) is 32.8 Å². The molecular weight excluding hydrogens is 529 g/mol. The van der Waals surface area contributed by atoms with E-state index in [1.807, 2.05) is 43.4 Å². The van der Waals surface area contributed by atoms with E-state index in [0.717, 1.165) is 46.8 Å². The zero-order chi connectivity index (χ0) is 25.8. The molecule has 1 N–H and O–H groups in total. The highest BCUT2D eigenvalue weighted by molar-refractivity contribution is 7.99. The van der Waals surface area contributed by atoms with Crippen molar-refractivity contribution in [2.75, 3.05) is 32.1 Å². The standard InChI is InChI=1S/C24H26N8O2S3/c1-15-26-23(37-30-15)28-22(33)21-19(8-9-20(27-21)36-24-29-25-14-32(24)3)35-18-6-4-17(5-7-18)34-13-16-10-11-31(2)12-16/h4-9,14,16H,10-13H2,1-3H3,(H,26,28,30,33)/t16-/m0/s1. The predicted octanol–water partition coefficient (Wildman–Crippen LogP) is 4.26. The number of aryl methyl sites for hydroxylation is 2. The number of nitrogens with one attached hydrogen (secondary N) is 1. The molecule has 1 aliphatic rings. The fraction of sp³-hybridized carbons (Fsp3) is 0.333. The van der Waals surface area contributed by atoms with Gasteiger partial charge >= 0.3 is 0 Å². The van der Waals surface area contributed by atoms with Crippen molar-refractivity contribution in [3.63, 3.8) is 0 Å². The molecule has 192 valence electrons. The molecule has 1 atom stereocenters. The number of nitrogens with zero attached hydrogens (tertiary/aromatic N) is 7. The highest BCUT2D eigenvalue weighted by Crippen LogP contribution is 2.34. The molecule has 37 heavy (non-hydrogen) atoms. The molecule has 1 saturated heterocycles. The van der Waals surface area contributed by atoms with Gasteiger partial charge in [-0.2, -0.15) is 4.37 Å². The van der Waals surface area contributed by atoms with Crippen LogP contribution in [0, 0.1) is 12.8 Å². The molecule has 5 rings (SSSR count). The van der Waals surface area contributed by atoms with Crippen LogP contribution in [0.5, 0.6) is 5.75 Å². The summed E-state index contributed by atoms with van der Waals surface area (Å²) in [5.74, 6) is 1.68. The molecule has 4 aromatic rings. The van der Waals surface area contributed by atoms with Crippen molar-refractivity contribution < 1.29 is 9.53 Å². The van der Waals surface area contributed by atoms with Crippen LogP contribution < -0.4 is 10.1 Å². The van der Waals surface area contributed by atoms with Gasteiger partial charge in [0.15, 0.2) is 5.16 Å². The summed E-state index contributed by atoms with van der Waals surface area (Å²) in [5.41, 5.74) is 0.302. The Balaban J connectivity index is 1.32. The minimum Gasteiger partial charge on any atom is -0.493 e. The van der Waals surface area contributed by atoms with Crippen molar-refractivity contribution in [2.24, 2.45) is 13.0 Å². The summed E-state index contributed by atoms with van der Waals surface area (Å²) in [6.07, 6.45) is 2.79. The average molecular weight is 555 g/mol. The van der Waals surface area contributed by atoms with E-state index in [9.17, 15) is 4.79 Å². The summed E-state index contributed by atoms with van der Waals surface area (Å²) in [5, 5.41) is 12.6. The van der Waals surface area contributed by atoms with Gasteiger partial charge in [0, 0.05) is 40.8 Å². The van der Waals surface area contributed by atoms with E-state index in [4.69, 9.17) is 4.74 Å². The lowest BCUT2D eigenvalue weighted by Gasteiger charge is -2.13. The first-order chi connectivity index (χ1) is 17.9. The number of anilines is 1. The van der Waals surface area contributed by atoms with Crippen LogP contribution in [0.1, 0.15) is 22.7 Å². The third-order valence-corrected chi connectivity index (χ3v) is 8.46. The van der Waals surface area contributed by atoms with Crippen LogP contribution >= 0.6 is 35.1 Å². The summed E-state index contributed by atoms with van der Waals surface area (Å²) in [6, 6.07) is 11.7. The molecule has 0 aliphatic carbocycles. The van der Waals surface area contributed by atoms with Crippen molar-refractivity contribution >= 4 is 46.1 Å². The van der Waals surface area contributed by atoms with Crippen LogP contribution in [0.15, 0.2) is 62.7 Å². The number of ether oxygens (including phenoxy) is 1. The van der Waals surface area contributed by atoms with Gasteiger partial charge in [-0.1, -0.05) is 11.8 Å². The van der Waals surface area contributed by atoms with Crippen molar-refractivity contribution in [1.29, 1.82) is 0 Å². The number of likely N-dealkylation sites (tertiary alicyclic amines) is 1. The first-order valence-corrected chi connectivity index (χ1v) is 14.1. The first kappa shape index (κ1) is 25.6. The summed E-state index contributed by atoms with van der Waals surface area (Å²) in [7, 11) is 4.00. The van der Waals surface area contributed by atoms with Gasteiger partial charge in [0.1, 0.15) is 28.6 Å². The Labute approximate surface area is 227 Å². The van der Waals surface area contributed by atoms with Gasteiger partial charge in [-0.05, 0) is 75.1 Å². The van der Waals surface area contributed by atoms with Gasteiger partial charge in [-0.3, -0.25) is 10.1 Å². The van der Waals surface area contributed by atoms with Crippen LogP contribution in [-0.4, -0.2) is 66.7 Å². The fourth-order valence-electron chi connectivity index (χ4n) is 3.80. The Morgan fingerprint density at radius 3 is 2.68 bits per heavy atom. The zero-order valence-corrected chi connectivity index (χ0v) is 23.1. The van der Waals surface area contributed by atoms with Gasteiger partial charge in [0.05, 0.1) is 6.61 Å². The van der Waals surface area contributed by atoms with Crippen LogP contribution in [0.3, 0.4) is 0 Å². The lowest BCUT2D eigenvalue weighted by Crippen LogP contribution is -2.17. The van der Waals surface area contributed by atoms with Gasteiger partial charge in [0.2, 0.25) is 5.13 Å². The number of aromatic nitrogens is 6. The minimum atomic E-state index is -0.347. The molecule has 1 amide bonds. The zero-order valence-electron chi connectivity index (χ0n) is 20.6. The van der Waals surface area contributed by atoms with Crippen LogP contribution in [0.2, 0.25) is 0 Å². The molecule has 0 saturated carbocycles. The second kappa shape index (κ2) is 11.6. The van der Waals surface area contributed by atoms with E-state index in [1.54, 1.807) is 17.8 Å². The molecule has 0 radical (unpaired) electrons. The first-order valence-electron chi connectivity index (χ1n) is 11.7. The lowest BCUT2D eigenvalue weighted by atomic mass is 10.1. The minimum absolute atomic E-state index is 0.302. The number of carbonyl (C=O) groups excluding carboxylic acids is 1. The van der Waals surface area contributed by atoms with Crippen LogP contribution in [-0.2, 0) is 7.05 Å². The van der Waals surface area contributed by atoms with E-state index in [2.05, 4.69) is 41.8 Å². The number of rotatable bonds is 9. The third-order valence-electron chi connectivity index (χ3n) is 5.69. The third kappa shape index (κ3) is 6.66. The molecule has 1 fully saturated rings. The normalized spacial score (nSPS) is 15.7. The lowest BCUT2D eigenvalue weighted by molar-refractivity contribution is 0.101. The Hall–Kier alpha value is -3.00. The van der Waals surface area contributed by atoms with Crippen molar-refractivity contribution in [3.05, 3.63) is 54.2 Å². The maximum atomic E-state index is 13.2. The van der Waals surface area contributed by atoms with Gasteiger partial charge in [0.25, 0.3) is 5.91 Å². The fourth-order valence-corrected chi connectivity index (χ4v) is 6.01. The monoisotopic (exact) mass is 554 g/mol. The van der Waals surface area contributed by atoms with E-state index < -0.39 is 0 Å². The highest BCUT2D eigenvalue weighted by atomic mass is 32.2. The number of hydrogen-bond acceptors (Lipinski definition) is 11. The molecule has 0 bridgehead atoms. The average Bonchev–Trinajstić information content (AvgIpc) is 3.61. The van der Waals surface area contributed by atoms with Crippen molar-refractivity contribution in [1.82, 2.24) is 34.0 Å². The number of benzene rings is 1. The Morgan fingerprint density at radius 2 is 2.00 bits per heavy atom. The topological polar surface area (TPSA) is 111 Å². The quantitative estimate of drug-likeness (QED) is 0.322. The van der Waals surface area contributed by atoms with E-state index in [1.165, 1.54) is 29.9 Å². The number of pyridine rings is 1. The smallest absolute Gasteiger partial charge is 0.277 e. The molecule has 3 aromatic heterocycles. The molecular formula is C24H26N8O2S3. The molecule has 10 nitrogen and oxygen atoms in total. The number of amides is 1. The van der Waals surface area contributed by atoms with E-state index >= 15 is 0 Å². The molecule has 0 unspecified atom stereocenters. The van der Waals surface area contributed by atoms with Crippen LogP contribution in [0.4, 0.5) is 5.13 Å². The summed E-state index contributed by atoms with van der Waals surface area (Å²) >= 11 is 3.95. The maximum Gasteiger partial charge on any atom is 0.277 e. The number of hydrogen-bond donors (Lipinski definition) is 1. The molecule has 4 heterocycles. The highest BCUT2D eigenvalue weighted by Gasteiger charge is 2.21. The predicted molar refractivity (Wildman–Crippen MR) is 144 cm³/mol. The van der Waals surface area contributed by atoms with Gasteiger partial charge < -0.3 is 14.2 Å². The Bertz CT molecular complexity index is 1370. The Kier molecular flexibility index (Phi) is 8.03. The molecule has 0 spiro atoms. The summed E-state index contributed by atoms with van der Waals surface area (Å²) < 4.78 is 11.9. The molecule has 1 aliphatic heterocycles.